The number of benzene rings is 1. The third-order valence-corrected chi connectivity index (χ3v) is 3.08. The molecular weight excluding hydrogens is 226 g/mol. The Bertz CT molecular complexity index is 572. The minimum absolute atomic E-state index is 0.328. The van der Waals surface area contributed by atoms with Gasteiger partial charge in [0.05, 0.1) is 12.7 Å². The Kier molecular flexibility index (Phi) is 2.64. The molecular formula is C12H12ClNO2. The first-order valence-corrected chi connectivity index (χ1v) is 5.27. The van der Waals surface area contributed by atoms with Crippen molar-refractivity contribution in [3.63, 3.8) is 0 Å². The van der Waals surface area contributed by atoms with Gasteiger partial charge in [0.1, 0.15) is 0 Å². The van der Waals surface area contributed by atoms with Gasteiger partial charge in [-0.1, -0.05) is 11.6 Å². The summed E-state index contributed by atoms with van der Waals surface area (Å²) in [6, 6.07) is 5.50. The number of rotatable bonds is 1. The van der Waals surface area contributed by atoms with Crippen LogP contribution in [0.25, 0.3) is 10.9 Å². The monoisotopic (exact) mass is 237 g/mol. The van der Waals surface area contributed by atoms with Crippen molar-refractivity contribution in [2.45, 2.75) is 6.92 Å². The molecule has 0 saturated carbocycles. The molecule has 0 aliphatic heterocycles. The van der Waals surface area contributed by atoms with Crippen LogP contribution in [0, 0.1) is 6.92 Å². The maximum Gasteiger partial charge on any atom is 0.340 e. The molecule has 0 atom stereocenters. The summed E-state index contributed by atoms with van der Waals surface area (Å²) >= 11 is 5.94. The topological polar surface area (TPSA) is 31.2 Å². The second-order valence-corrected chi connectivity index (χ2v) is 4.11. The molecule has 84 valence electrons. The molecule has 0 saturated heterocycles. The lowest BCUT2D eigenvalue weighted by Gasteiger charge is -1.99. The Balaban J connectivity index is 2.85. The Morgan fingerprint density at radius 1 is 1.44 bits per heavy atom. The Morgan fingerprint density at radius 2 is 2.12 bits per heavy atom. The third kappa shape index (κ3) is 1.48. The predicted octanol–water partition coefficient (Wildman–Crippen LogP) is 2.93. The lowest BCUT2D eigenvalue weighted by atomic mass is 10.1. The maximum atomic E-state index is 11.7. The van der Waals surface area contributed by atoms with Crippen molar-refractivity contribution in [3.05, 3.63) is 34.5 Å². The lowest BCUT2D eigenvalue weighted by Crippen LogP contribution is -2.03. The number of fused-ring (bicyclic) bond motifs is 1. The first-order valence-electron chi connectivity index (χ1n) is 4.89. The number of ether oxygens (including phenoxy) is 1. The van der Waals surface area contributed by atoms with Gasteiger partial charge in [-0.25, -0.2) is 4.79 Å². The fraction of sp³-hybridized carbons (Fsp3) is 0.250. The molecule has 0 bridgehead atoms. The largest absolute Gasteiger partial charge is 0.465 e. The van der Waals surface area contributed by atoms with E-state index < -0.39 is 0 Å². The number of carbonyl (C=O) groups is 1. The minimum Gasteiger partial charge on any atom is -0.465 e. The molecule has 1 heterocycles. The summed E-state index contributed by atoms with van der Waals surface area (Å²) in [5.41, 5.74) is 2.44. The Hall–Kier alpha value is -1.48. The van der Waals surface area contributed by atoms with E-state index in [-0.39, 0.29) is 5.97 Å². The highest BCUT2D eigenvalue weighted by Gasteiger charge is 2.18. The average molecular weight is 238 g/mol. The van der Waals surface area contributed by atoms with Crippen LogP contribution in [-0.2, 0) is 11.8 Å². The second kappa shape index (κ2) is 3.83. The van der Waals surface area contributed by atoms with Crippen LogP contribution in [0.5, 0.6) is 0 Å². The molecule has 1 aromatic carbocycles. The van der Waals surface area contributed by atoms with Gasteiger partial charge in [0, 0.05) is 28.7 Å². The van der Waals surface area contributed by atoms with Gasteiger partial charge in [-0.3, -0.25) is 0 Å². The summed E-state index contributed by atoms with van der Waals surface area (Å²) in [4.78, 5) is 11.7. The van der Waals surface area contributed by atoms with Crippen LogP contribution in [-0.4, -0.2) is 17.6 Å². The van der Waals surface area contributed by atoms with Gasteiger partial charge in [0.2, 0.25) is 0 Å². The first-order chi connectivity index (χ1) is 7.56. The van der Waals surface area contributed by atoms with Gasteiger partial charge >= 0.3 is 5.97 Å². The first kappa shape index (κ1) is 11.0. The molecule has 0 radical (unpaired) electrons. The lowest BCUT2D eigenvalue weighted by molar-refractivity contribution is 0.0602. The molecule has 3 nitrogen and oxygen atoms in total. The fourth-order valence-corrected chi connectivity index (χ4v) is 2.08. The Morgan fingerprint density at radius 3 is 2.75 bits per heavy atom. The van der Waals surface area contributed by atoms with Crippen molar-refractivity contribution in [2.24, 2.45) is 7.05 Å². The van der Waals surface area contributed by atoms with Crippen LogP contribution in [0.15, 0.2) is 18.2 Å². The van der Waals surface area contributed by atoms with E-state index in [9.17, 15) is 4.79 Å². The molecule has 2 rings (SSSR count). The average Bonchev–Trinajstić information content (AvgIpc) is 2.51. The molecule has 1 aromatic heterocycles. The van der Waals surface area contributed by atoms with Crippen LogP contribution >= 0.6 is 11.6 Å². The molecule has 0 aliphatic carbocycles. The summed E-state index contributed by atoms with van der Waals surface area (Å²) in [5.74, 6) is -0.328. The quantitative estimate of drug-likeness (QED) is 0.714. The Labute approximate surface area is 98.6 Å². The van der Waals surface area contributed by atoms with Gasteiger partial charge in [-0.05, 0) is 25.1 Å². The zero-order valence-corrected chi connectivity index (χ0v) is 10.1. The highest BCUT2D eigenvalue weighted by atomic mass is 35.5. The highest BCUT2D eigenvalue weighted by molar-refractivity contribution is 6.31. The van der Waals surface area contributed by atoms with Crippen LogP contribution < -0.4 is 0 Å². The summed E-state index contributed by atoms with van der Waals surface area (Å²) in [5, 5.41) is 1.45. The number of aryl methyl sites for hydroxylation is 1. The smallest absolute Gasteiger partial charge is 0.340 e. The van der Waals surface area contributed by atoms with E-state index in [2.05, 4.69) is 0 Å². The minimum atomic E-state index is -0.328. The normalized spacial score (nSPS) is 10.8. The fourth-order valence-electron chi connectivity index (χ4n) is 1.90. The molecule has 0 N–H and O–H groups in total. The molecule has 0 fully saturated rings. The van der Waals surface area contributed by atoms with E-state index in [1.165, 1.54) is 7.11 Å². The molecule has 4 heteroatoms. The van der Waals surface area contributed by atoms with Gasteiger partial charge in [-0.2, -0.15) is 0 Å². The predicted molar refractivity (Wildman–Crippen MR) is 64.0 cm³/mol. The van der Waals surface area contributed by atoms with E-state index >= 15 is 0 Å². The van der Waals surface area contributed by atoms with Crippen molar-refractivity contribution in [2.75, 3.05) is 7.11 Å². The van der Waals surface area contributed by atoms with Gasteiger partial charge in [-0.15, -0.1) is 0 Å². The number of aromatic nitrogens is 1. The molecule has 0 aliphatic rings. The zero-order chi connectivity index (χ0) is 11.9. The highest BCUT2D eigenvalue weighted by Crippen LogP contribution is 2.28. The molecule has 16 heavy (non-hydrogen) atoms. The van der Waals surface area contributed by atoms with Crippen molar-refractivity contribution in [1.29, 1.82) is 0 Å². The van der Waals surface area contributed by atoms with Gasteiger partial charge in [0.25, 0.3) is 0 Å². The zero-order valence-electron chi connectivity index (χ0n) is 9.37. The van der Waals surface area contributed by atoms with Crippen molar-refractivity contribution >= 4 is 28.5 Å². The summed E-state index contributed by atoms with van der Waals surface area (Å²) in [6.07, 6.45) is 0. The van der Waals surface area contributed by atoms with E-state index in [1.807, 2.05) is 30.7 Å². The van der Waals surface area contributed by atoms with E-state index in [0.29, 0.717) is 10.6 Å². The van der Waals surface area contributed by atoms with E-state index in [1.54, 1.807) is 6.07 Å². The van der Waals surface area contributed by atoms with E-state index in [4.69, 9.17) is 16.3 Å². The van der Waals surface area contributed by atoms with Crippen LogP contribution in [0.2, 0.25) is 5.02 Å². The molecule has 0 unspecified atom stereocenters. The second-order valence-electron chi connectivity index (χ2n) is 3.67. The maximum absolute atomic E-state index is 11.7. The van der Waals surface area contributed by atoms with Gasteiger partial charge in [0.15, 0.2) is 0 Å². The number of hydrogen-bond acceptors (Lipinski definition) is 2. The number of methoxy groups -OCH3 is 1. The van der Waals surface area contributed by atoms with Crippen molar-refractivity contribution < 1.29 is 9.53 Å². The third-order valence-electron chi connectivity index (χ3n) is 2.84. The number of halogens is 1. The number of nitrogens with zero attached hydrogens (tertiary/aromatic N) is 1. The molecule has 0 amide bonds. The SMILES string of the molecule is COC(=O)c1c(C)n(C)c2ccc(Cl)cc12. The number of hydrogen-bond donors (Lipinski definition) is 0. The van der Waals surface area contributed by atoms with E-state index in [0.717, 1.165) is 16.6 Å². The van der Waals surface area contributed by atoms with Crippen LogP contribution in [0.3, 0.4) is 0 Å². The molecule has 0 spiro atoms. The molecule has 2 aromatic rings. The summed E-state index contributed by atoms with van der Waals surface area (Å²) in [6.45, 7) is 1.89. The van der Waals surface area contributed by atoms with Crippen molar-refractivity contribution in [3.8, 4) is 0 Å². The van der Waals surface area contributed by atoms with Gasteiger partial charge < -0.3 is 9.30 Å². The number of esters is 1. The standard InChI is InChI=1S/C12H12ClNO2/c1-7-11(12(15)16-3)9-6-8(13)4-5-10(9)14(7)2/h4-6H,1-3H3. The summed E-state index contributed by atoms with van der Waals surface area (Å²) < 4.78 is 6.74. The van der Waals surface area contributed by atoms with Crippen LogP contribution in [0.1, 0.15) is 16.1 Å². The van der Waals surface area contributed by atoms with Crippen LogP contribution in [0.4, 0.5) is 0 Å². The van der Waals surface area contributed by atoms with Crippen molar-refractivity contribution in [1.82, 2.24) is 4.57 Å². The summed E-state index contributed by atoms with van der Waals surface area (Å²) in [7, 11) is 3.29. The number of carbonyl (C=O) groups excluding carboxylic acids is 1.